The van der Waals surface area contributed by atoms with Gasteiger partial charge in [-0.1, -0.05) is 12.1 Å². The van der Waals surface area contributed by atoms with E-state index in [1.165, 1.54) is 17.6 Å². The van der Waals surface area contributed by atoms with Crippen molar-refractivity contribution in [2.24, 2.45) is 0 Å². The molecule has 0 saturated heterocycles. The zero-order valence-electron chi connectivity index (χ0n) is 12.1. The van der Waals surface area contributed by atoms with Crippen molar-refractivity contribution in [3.63, 3.8) is 0 Å². The van der Waals surface area contributed by atoms with E-state index in [2.05, 4.69) is 0 Å². The summed E-state index contributed by atoms with van der Waals surface area (Å²) in [5.41, 5.74) is 3.27. The number of benzene rings is 1. The van der Waals surface area contributed by atoms with Gasteiger partial charge in [-0.3, -0.25) is 0 Å². The number of ether oxygens (including phenoxy) is 1. The number of hydrogen-bond acceptors (Lipinski definition) is 5. The molecule has 1 aliphatic heterocycles. The first-order chi connectivity index (χ1) is 10.4. The molecular formula is C16H14O4S2. The van der Waals surface area contributed by atoms with Crippen molar-refractivity contribution >= 4 is 38.3 Å². The molecule has 2 aromatic rings. The third-order valence-electron chi connectivity index (χ3n) is 3.46. The highest BCUT2D eigenvalue weighted by atomic mass is 32.2. The van der Waals surface area contributed by atoms with Crippen molar-refractivity contribution in [3.8, 4) is 0 Å². The lowest BCUT2D eigenvalue weighted by molar-refractivity contribution is -0.133. The van der Waals surface area contributed by atoms with Gasteiger partial charge in [0.25, 0.3) is 0 Å². The van der Waals surface area contributed by atoms with Gasteiger partial charge in [0.05, 0.1) is 10.5 Å². The maximum absolute atomic E-state index is 12.0. The minimum Gasteiger partial charge on any atom is -0.457 e. The molecule has 0 saturated carbocycles. The molecule has 0 spiro atoms. The Morgan fingerprint density at radius 1 is 1.18 bits per heavy atom. The average Bonchev–Trinajstić information content (AvgIpc) is 3.04. The van der Waals surface area contributed by atoms with Crippen LogP contribution >= 0.6 is 11.3 Å². The molecule has 4 nitrogen and oxygen atoms in total. The van der Waals surface area contributed by atoms with Crippen molar-refractivity contribution in [2.45, 2.75) is 11.8 Å². The summed E-state index contributed by atoms with van der Waals surface area (Å²) in [5, 5.41) is 1.98. The van der Waals surface area contributed by atoms with Crippen molar-refractivity contribution in [1.82, 2.24) is 0 Å². The van der Waals surface area contributed by atoms with Crippen molar-refractivity contribution < 1.29 is 17.9 Å². The second kappa shape index (κ2) is 5.37. The molecule has 0 amide bonds. The van der Waals surface area contributed by atoms with E-state index in [4.69, 9.17) is 4.74 Å². The molecular weight excluding hydrogens is 320 g/mol. The Labute approximate surface area is 133 Å². The van der Waals surface area contributed by atoms with Crippen LogP contribution < -0.4 is 0 Å². The van der Waals surface area contributed by atoms with Gasteiger partial charge >= 0.3 is 5.97 Å². The molecule has 1 aliphatic rings. The Morgan fingerprint density at radius 3 is 2.41 bits per heavy atom. The largest absolute Gasteiger partial charge is 0.457 e. The summed E-state index contributed by atoms with van der Waals surface area (Å²) >= 11 is 1.50. The molecule has 2 heterocycles. The second-order valence-corrected chi connectivity index (χ2v) is 8.14. The molecule has 0 radical (unpaired) electrons. The first-order valence-electron chi connectivity index (χ1n) is 6.62. The molecule has 0 atom stereocenters. The van der Waals surface area contributed by atoms with E-state index in [1.54, 1.807) is 24.3 Å². The van der Waals surface area contributed by atoms with Gasteiger partial charge in [0.1, 0.15) is 6.61 Å². The quantitative estimate of drug-likeness (QED) is 0.810. The van der Waals surface area contributed by atoms with Crippen LogP contribution in [0.2, 0.25) is 0 Å². The number of sulfone groups is 1. The number of carbonyl (C=O) groups is 1. The minimum absolute atomic E-state index is 0.212. The predicted molar refractivity (Wildman–Crippen MR) is 86.4 cm³/mol. The molecule has 0 aliphatic carbocycles. The van der Waals surface area contributed by atoms with Gasteiger partial charge in [0.15, 0.2) is 9.84 Å². The fourth-order valence-corrected chi connectivity index (χ4v) is 3.94. The highest BCUT2D eigenvalue weighted by Crippen LogP contribution is 2.35. The first kappa shape index (κ1) is 15.0. The number of cyclic esters (lactones) is 1. The number of esters is 1. The zero-order chi connectivity index (χ0) is 15.9. The summed E-state index contributed by atoms with van der Waals surface area (Å²) in [5.74, 6) is -0.330. The summed E-state index contributed by atoms with van der Waals surface area (Å²) < 4.78 is 28.2. The molecule has 22 heavy (non-hydrogen) atoms. The van der Waals surface area contributed by atoms with Crippen molar-refractivity contribution in [2.75, 3.05) is 12.9 Å². The fraction of sp³-hybridized carbons (Fsp3) is 0.188. The highest BCUT2D eigenvalue weighted by molar-refractivity contribution is 7.90. The number of hydrogen-bond donors (Lipinski definition) is 0. The van der Waals surface area contributed by atoms with Gasteiger partial charge in [0.2, 0.25) is 0 Å². The maximum atomic E-state index is 12.0. The molecule has 1 aromatic carbocycles. The van der Waals surface area contributed by atoms with E-state index in [9.17, 15) is 13.2 Å². The van der Waals surface area contributed by atoms with E-state index in [0.29, 0.717) is 5.57 Å². The van der Waals surface area contributed by atoms with Gasteiger partial charge in [-0.05, 0) is 41.6 Å². The lowest BCUT2D eigenvalue weighted by Crippen LogP contribution is -1.97. The standard InChI is InChI=1S/C16H14O4S2/c1-10-7-14(21-9-10)15-13(8-20-16(15)17)11-3-5-12(6-4-11)22(2,18)19/h3-7,9H,8H2,1-2H3. The number of rotatable bonds is 3. The third kappa shape index (κ3) is 2.71. The molecule has 114 valence electrons. The Morgan fingerprint density at radius 2 is 1.86 bits per heavy atom. The third-order valence-corrected chi connectivity index (χ3v) is 5.66. The first-order valence-corrected chi connectivity index (χ1v) is 9.39. The fourth-order valence-electron chi connectivity index (χ4n) is 2.35. The van der Waals surface area contributed by atoms with Gasteiger partial charge in [-0.2, -0.15) is 0 Å². The van der Waals surface area contributed by atoms with E-state index in [0.717, 1.165) is 21.6 Å². The van der Waals surface area contributed by atoms with Crippen LogP contribution in [0.5, 0.6) is 0 Å². The molecule has 0 fully saturated rings. The topological polar surface area (TPSA) is 60.4 Å². The van der Waals surface area contributed by atoms with Crippen LogP contribution in [-0.2, 0) is 19.4 Å². The predicted octanol–water partition coefficient (Wildman–Crippen LogP) is 2.93. The molecule has 0 unspecified atom stereocenters. The highest BCUT2D eigenvalue weighted by Gasteiger charge is 2.28. The van der Waals surface area contributed by atoms with Crippen LogP contribution in [0.1, 0.15) is 16.0 Å². The van der Waals surface area contributed by atoms with Crippen LogP contribution in [-0.4, -0.2) is 27.2 Å². The Balaban J connectivity index is 2.09. The van der Waals surface area contributed by atoms with Gasteiger partial charge in [-0.25, -0.2) is 13.2 Å². The summed E-state index contributed by atoms with van der Waals surface area (Å²) in [6.45, 7) is 2.19. The van der Waals surface area contributed by atoms with Gasteiger partial charge in [-0.15, -0.1) is 11.3 Å². The van der Waals surface area contributed by atoms with E-state index in [1.807, 2.05) is 18.4 Å². The zero-order valence-corrected chi connectivity index (χ0v) is 13.8. The summed E-state index contributed by atoms with van der Waals surface area (Å²) in [7, 11) is -3.23. The van der Waals surface area contributed by atoms with Crippen LogP contribution in [0.3, 0.4) is 0 Å². The van der Waals surface area contributed by atoms with Crippen LogP contribution in [0.4, 0.5) is 0 Å². The van der Waals surface area contributed by atoms with E-state index < -0.39 is 9.84 Å². The number of thiophene rings is 1. The summed E-state index contributed by atoms with van der Waals surface area (Å²) in [6, 6.07) is 8.50. The van der Waals surface area contributed by atoms with E-state index >= 15 is 0 Å². The molecule has 0 N–H and O–H groups in total. The monoisotopic (exact) mass is 334 g/mol. The summed E-state index contributed by atoms with van der Waals surface area (Å²) in [6.07, 6.45) is 1.17. The SMILES string of the molecule is Cc1csc(C2=C(c3ccc(S(C)(=O)=O)cc3)COC2=O)c1. The van der Waals surface area contributed by atoms with Gasteiger partial charge < -0.3 is 4.74 Å². The normalized spacial score (nSPS) is 15.3. The van der Waals surface area contributed by atoms with Crippen LogP contribution in [0.25, 0.3) is 11.1 Å². The molecule has 1 aromatic heterocycles. The lowest BCUT2D eigenvalue weighted by atomic mass is 10.0. The van der Waals surface area contributed by atoms with Gasteiger partial charge in [0, 0.05) is 16.7 Å². The average molecular weight is 334 g/mol. The number of carbonyl (C=O) groups excluding carboxylic acids is 1. The van der Waals surface area contributed by atoms with Crippen LogP contribution in [0.15, 0.2) is 40.6 Å². The Bertz CT molecular complexity index is 871. The Kier molecular flexibility index (Phi) is 3.66. The van der Waals surface area contributed by atoms with E-state index in [-0.39, 0.29) is 17.5 Å². The molecule has 3 rings (SSSR count). The summed E-state index contributed by atoms with van der Waals surface area (Å²) in [4.78, 5) is 13.2. The smallest absolute Gasteiger partial charge is 0.340 e. The molecule has 6 heteroatoms. The van der Waals surface area contributed by atoms with Crippen molar-refractivity contribution in [3.05, 3.63) is 51.7 Å². The second-order valence-electron chi connectivity index (χ2n) is 5.21. The number of aryl methyl sites for hydroxylation is 1. The molecule has 0 bridgehead atoms. The van der Waals surface area contributed by atoms with Crippen molar-refractivity contribution in [1.29, 1.82) is 0 Å². The lowest BCUT2D eigenvalue weighted by Gasteiger charge is -2.04. The van der Waals surface area contributed by atoms with Crippen LogP contribution in [0, 0.1) is 6.92 Å². The maximum Gasteiger partial charge on any atom is 0.340 e. The minimum atomic E-state index is -3.23. The Hall–Kier alpha value is -1.92.